The highest BCUT2D eigenvalue weighted by molar-refractivity contribution is 5.98. The Morgan fingerprint density at radius 2 is 2.10 bits per heavy atom. The molecule has 1 heterocycles. The number of hydrogen-bond donors (Lipinski definition) is 2. The van der Waals surface area contributed by atoms with Crippen LogP contribution in [0.15, 0.2) is 29.4 Å². The summed E-state index contributed by atoms with van der Waals surface area (Å²) in [4.78, 5) is 25.1. The van der Waals surface area contributed by atoms with Crippen molar-refractivity contribution in [2.24, 2.45) is 22.6 Å². The standard InChI is InChI=1S/C14H18N4O2/c15-13(19)8-11-2-1-7-18(14(11)20)12-5-3-10(4-6-12)9-17-16/h3-6,9,11H,1-2,7-8,16H2,(H2,15,19). The number of nitrogens with two attached hydrogens (primary N) is 2. The van der Waals surface area contributed by atoms with Gasteiger partial charge in [-0.05, 0) is 30.5 Å². The molecule has 1 unspecified atom stereocenters. The van der Waals surface area contributed by atoms with Crippen molar-refractivity contribution < 1.29 is 9.59 Å². The predicted octanol–water partition coefficient (Wildman–Crippen LogP) is 0.598. The van der Waals surface area contributed by atoms with E-state index in [1.165, 1.54) is 6.21 Å². The number of carbonyl (C=O) groups is 2. The van der Waals surface area contributed by atoms with Crippen molar-refractivity contribution in [2.75, 3.05) is 11.4 Å². The minimum Gasteiger partial charge on any atom is -0.370 e. The SMILES string of the molecule is NN=Cc1ccc(N2CCCC(CC(N)=O)C2=O)cc1. The van der Waals surface area contributed by atoms with E-state index in [9.17, 15) is 9.59 Å². The van der Waals surface area contributed by atoms with Gasteiger partial charge in [0.05, 0.1) is 6.21 Å². The molecule has 2 amide bonds. The fraction of sp³-hybridized carbons (Fsp3) is 0.357. The van der Waals surface area contributed by atoms with Crippen LogP contribution < -0.4 is 16.5 Å². The van der Waals surface area contributed by atoms with E-state index in [2.05, 4.69) is 5.10 Å². The Kier molecular flexibility index (Phi) is 4.34. The molecule has 6 nitrogen and oxygen atoms in total. The van der Waals surface area contributed by atoms with Gasteiger partial charge in [-0.15, -0.1) is 0 Å². The second-order valence-corrected chi connectivity index (χ2v) is 4.87. The Morgan fingerprint density at radius 1 is 1.40 bits per heavy atom. The van der Waals surface area contributed by atoms with Gasteiger partial charge in [0.1, 0.15) is 0 Å². The first-order chi connectivity index (χ1) is 9.61. The molecular formula is C14H18N4O2. The molecule has 2 rings (SSSR count). The van der Waals surface area contributed by atoms with Gasteiger partial charge < -0.3 is 16.5 Å². The van der Waals surface area contributed by atoms with Gasteiger partial charge in [0.2, 0.25) is 11.8 Å². The van der Waals surface area contributed by atoms with Crippen LogP contribution in [0.2, 0.25) is 0 Å². The second kappa shape index (κ2) is 6.18. The highest BCUT2D eigenvalue weighted by Gasteiger charge is 2.30. The van der Waals surface area contributed by atoms with Crippen molar-refractivity contribution in [3.63, 3.8) is 0 Å². The topological polar surface area (TPSA) is 102 Å². The number of hydrazone groups is 1. The second-order valence-electron chi connectivity index (χ2n) is 4.87. The molecule has 0 aromatic heterocycles. The van der Waals surface area contributed by atoms with Crippen molar-refractivity contribution in [3.05, 3.63) is 29.8 Å². The van der Waals surface area contributed by atoms with Crippen LogP contribution in [0.3, 0.4) is 0 Å². The maximum Gasteiger partial charge on any atom is 0.230 e. The van der Waals surface area contributed by atoms with Crippen molar-refractivity contribution in [1.29, 1.82) is 0 Å². The minimum atomic E-state index is -0.431. The lowest BCUT2D eigenvalue weighted by Crippen LogP contribution is -2.42. The number of hydrogen-bond acceptors (Lipinski definition) is 4. The fourth-order valence-corrected chi connectivity index (χ4v) is 2.46. The smallest absolute Gasteiger partial charge is 0.230 e. The van der Waals surface area contributed by atoms with Gasteiger partial charge in [-0.25, -0.2) is 0 Å². The number of piperidine rings is 1. The van der Waals surface area contributed by atoms with Crippen LogP contribution in [-0.4, -0.2) is 24.6 Å². The van der Waals surface area contributed by atoms with Gasteiger partial charge in [-0.3, -0.25) is 9.59 Å². The van der Waals surface area contributed by atoms with Crippen molar-refractivity contribution >= 4 is 23.7 Å². The van der Waals surface area contributed by atoms with Gasteiger partial charge in [-0.1, -0.05) is 12.1 Å². The average molecular weight is 274 g/mol. The molecule has 6 heteroatoms. The van der Waals surface area contributed by atoms with Gasteiger partial charge in [-0.2, -0.15) is 5.10 Å². The van der Waals surface area contributed by atoms with Crippen molar-refractivity contribution in [2.45, 2.75) is 19.3 Å². The lowest BCUT2D eigenvalue weighted by molar-refractivity contribution is -0.128. The summed E-state index contributed by atoms with van der Waals surface area (Å²) >= 11 is 0. The Labute approximate surface area is 117 Å². The lowest BCUT2D eigenvalue weighted by atomic mass is 9.93. The summed E-state index contributed by atoms with van der Waals surface area (Å²) in [7, 11) is 0. The maximum absolute atomic E-state index is 12.3. The number of nitrogens with zero attached hydrogens (tertiary/aromatic N) is 2. The number of rotatable bonds is 4. The molecule has 0 spiro atoms. The highest BCUT2D eigenvalue weighted by Crippen LogP contribution is 2.26. The fourth-order valence-electron chi connectivity index (χ4n) is 2.46. The molecule has 0 radical (unpaired) electrons. The van der Waals surface area contributed by atoms with E-state index in [0.29, 0.717) is 6.54 Å². The summed E-state index contributed by atoms with van der Waals surface area (Å²) in [6, 6.07) is 7.39. The van der Waals surface area contributed by atoms with E-state index in [0.717, 1.165) is 24.1 Å². The highest BCUT2D eigenvalue weighted by atomic mass is 16.2. The largest absolute Gasteiger partial charge is 0.370 e. The molecule has 0 bridgehead atoms. The predicted molar refractivity (Wildman–Crippen MR) is 77.1 cm³/mol. The molecule has 1 fully saturated rings. The van der Waals surface area contributed by atoms with Crippen LogP contribution in [0.4, 0.5) is 5.69 Å². The Bertz CT molecular complexity index is 524. The number of carbonyl (C=O) groups excluding carboxylic acids is 2. The summed E-state index contributed by atoms with van der Waals surface area (Å²) in [6.45, 7) is 0.665. The molecule has 1 atom stereocenters. The van der Waals surface area contributed by atoms with Gasteiger partial charge in [0.15, 0.2) is 0 Å². The van der Waals surface area contributed by atoms with E-state index in [1.807, 2.05) is 24.3 Å². The molecular weight excluding hydrogens is 256 g/mol. The summed E-state index contributed by atoms with van der Waals surface area (Å²) in [5, 5.41) is 3.45. The number of primary amides is 1. The molecule has 1 saturated heterocycles. The zero-order valence-corrected chi connectivity index (χ0v) is 11.2. The Balaban J connectivity index is 2.14. The van der Waals surface area contributed by atoms with Crippen LogP contribution in [0, 0.1) is 5.92 Å². The minimum absolute atomic E-state index is 0.0321. The van der Waals surface area contributed by atoms with E-state index in [4.69, 9.17) is 11.6 Å². The van der Waals surface area contributed by atoms with E-state index >= 15 is 0 Å². The third kappa shape index (κ3) is 3.14. The molecule has 1 aromatic rings. The molecule has 1 aliphatic rings. The van der Waals surface area contributed by atoms with Crippen molar-refractivity contribution in [1.82, 2.24) is 0 Å². The maximum atomic E-state index is 12.3. The van der Waals surface area contributed by atoms with Gasteiger partial charge in [0, 0.05) is 24.6 Å². The normalized spacial score (nSPS) is 19.5. The molecule has 4 N–H and O–H groups in total. The van der Waals surface area contributed by atoms with Crippen molar-refractivity contribution in [3.8, 4) is 0 Å². The third-order valence-corrected chi connectivity index (χ3v) is 3.43. The van der Waals surface area contributed by atoms with Gasteiger partial charge in [0.25, 0.3) is 0 Å². The summed E-state index contributed by atoms with van der Waals surface area (Å²) in [5.41, 5.74) is 6.87. The quantitative estimate of drug-likeness (QED) is 0.477. The van der Waals surface area contributed by atoms with E-state index in [-0.39, 0.29) is 18.2 Å². The number of anilines is 1. The van der Waals surface area contributed by atoms with Gasteiger partial charge >= 0.3 is 0 Å². The molecule has 0 saturated carbocycles. The Morgan fingerprint density at radius 3 is 2.70 bits per heavy atom. The van der Waals surface area contributed by atoms with E-state index in [1.54, 1.807) is 4.90 Å². The van der Waals surface area contributed by atoms with Crippen LogP contribution in [0.1, 0.15) is 24.8 Å². The Hall–Kier alpha value is -2.37. The van der Waals surface area contributed by atoms with Crippen LogP contribution in [0.5, 0.6) is 0 Å². The monoisotopic (exact) mass is 274 g/mol. The molecule has 1 aliphatic heterocycles. The van der Waals surface area contributed by atoms with E-state index < -0.39 is 5.91 Å². The number of amides is 2. The summed E-state index contributed by atoms with van der Waals surface area (Å²) in [6.07, 6.45) is 3.25. The third-order valence-electron chi connectivity index (χ3n) is 3.43. The van der Waals surface area contributed by atoms with Crippen LogP contribution in [-0.2, 0) is 9.59 Å². The summed E-state index contributed by atoms with van der Waals surface area (Å²) in [5.74, 6) is 4.33. The molecule has 1 aromatic carbocycles. The zero-order valence-electron chi connectivity index (χ0n) is 11.2. The molecule has 0 aliphatic carbocycles. The molecule has 20 heavy (non-hydrogen) atoms. The van der Waals surface area contributed by atoms with Crippen LogP contribution in [0.25, 0.3) is 0 Å². The lowest BCUT2D eigenvalue weighted by Gasteiger charge is -2.32. The number of benzene rings is 1. The molecule has 106 valence electrons. The first-order valence-corrected chi connectivity index (χ1v) is 6.55. The first kappa shape index (κ1) is 14.0. The summed E-state index contributed by atoms with van der Waals surface area (Å²) < 4.78 is 0. The van der Waals surface area contributed by atoms with Crippen LogP contribution >= 0.6 is 0 Å². The average Bonchev–Trinajstić information content (AvgIpc) is 2.42. The first-order valence-electron chi connectivity index (χ1n) is 6.55. The zero-order chi connectivity index (χ0) is 14.5.